The van der Waals surface area contributed by atoms with Crippen LogP contribution >= 0.6 is 46.1 Å². The van der Waals surface area contributed by atoms with Crippen molar-refractivity contribution in [1.29, 1.82) is 0 Å². The smallest absolute Gasteiger partial charge is 0.277 e. The van der Waals surface area contributed by atoms with Gasteiger partial charge in [-0.2, -0.15) is 0 Å². The fourth-order valence-corrected chi connectivity index (χ4v) is 4.53. The van der Waals surface area contributed by atoms with Crippen molar-refractivity contribution < 1.29 is 9.59 Å². The van der Waals surface area contributed by atoms with E-state index in [-0.39, 0.29) is 5.41 Å². The summed E-state index contributed by atoms with van der Waals surface area (Å²) < 4.78 is -2.09. The first kappa shape index (κ1) is 19.8. The van der Waals surface area contributed by atoms with Crippen molar-refractivity contribution in [2.45, 2.75) is 50.2 Å². The van der Waals surface area contributed by atoms with E-state index in [4.69, 9.17) is 40.5 Å². The zero-order valence-corrected chi connectivity index (χ0v) is 16.9. The van der Waals surface area contributed by atoms with Gasteiger partial charge in [0.1, 0.15) is 5.00 Å². The summed E-state index contributed by atoms with van der Waals surface area (Å²) in [6.07, 6.45) is 3.70. The van der Waals surface area contributed by atoms with Crippen molar-refractivity contribution in [1.82, 2.24) is 0 Å². The lowest BCUT2D eigenvalue weighted by Gasteiger charge is -2.36. The van der Waals surface area contributed by atoms with Crippen molar-refractivity contribution in [3.05, 3.63) is 16.0 Å². The Kier molecular flexibility index (Phi) is 5.80. The maximum absolute atomic E-state index is 11.9. The summed E-state index contributed by atoms with van der Waals surface area (Å²) in [5, 5.41) is 2.91. The maximum Gasteiger partial charge on any atom is 0.277 e. The lowest BCUT2D eigenvalue weighted by molar-refractivity contribution is -0.115. The van der Waals surface area contributed by atoms with Gasteiger partial charge in [-0.05, 0) is 36.2 Å². The lowest BCUT2D eigenvalue weighted by Crippen LogP contribution is -2.29. The summed E-state index contributed by atoms with van der Waals surface area (Å²) in [4.78, 5) is 24.9. The van der Waals surface area contributed by atoms with Crippen LogP contribution < -0.4 is 11.1 Å². The molecule has 2 rings (SSSR count). The molecule has 1 aromatic heterocycles. The molecule has 134 valence electrons. The molecule has 2 amide bonds. The highest BCUT2D eigenvalue weighted by molar-refractivity contribution is 7.17. The Bertz CT molecular complexity index is 665. The summed E-state index contributed by atoms with van der Waals surface area (Å²) in [6, 6.07) is 0. The molecule has 1 heterocycles. The molecule has 1 aromatic rings. The first-order chi connectivity index (χ1) is 11.0. The van der Waals surface area contributed by atoms with Crippen LogP contribution in [0.1, 0.15) is 54.4 Å². The number of nitrogens with one attached hydrogen (secondary N) is 1. The number of carbonyl (C=O) groups is 2. The van der Waals surface area contributed by atoms with Crippen LogP contribution in [-0.2, 0) is 17.6 Å². The monoisotopic (exact) mass is 410 g/mol. The van der Waals surface area contributed by atoms with Crippen LogP contribution in [-0.4, -0.2) is 15.6 Å². The van der Waals surface area contributed by atoms with E-state index in [1.54, 1.807) is 0 Å². The average Bonchev–Trinajstić information content (AvgIpc) is 2.83. The van der Waals surface area contributed by atoms with Gasteiger partial charge in [-0.15, -0.1) is 11.3 Å². The van der Waals surface area contributed by atoms with Gasteiger partial charge in [0, 0.05) is 4.88 Å². The van der Waals surface area contributed by atoms with E-state index in [1.165, 1.54) is 11.3 Å². The quantitative estimate of drug-likeness (QED) is 0.705. The zero-order chi connectivity index (χ0) is 18.3. The normalized spacial score (nSPS) is 18.2. The fourth-order valence-electron chi connectivity index (χ4n) is 3.06. The molecule has 24 heavy (non-hydrogen) atoms. The van der Waals surface area contributed by atoms with E-state index in [2.05, 4.69) is 26.1 Å². The molecule has 8 heteroatoms. The van der Waals surface area contributed by atoms with Gasteiger partial charge in [-0.1, -0.05) is 62.0 Å². The first-order valence-electron chi connectivity index (χ1n) is 7.80. The molecule has 1 unspecified atom stereocenters. The Morgan fingerprint density at radius 2 is 1.96 bits per heavy atom. The van der Waals surface area contributed by atoms with Gasteiger partial charge >= 0.3 is 0 Å². The van der Waals surface area contributed by atoms with E-state index in [0.717, 1.165) is 36.1 Å². The standard InChI is InChI=1S/C16H21Cl3N2O2S/c1-4-15(2,3)8-5-6-9-10(7-8)24-13(11(9)12(20)22)21-14(23)16(17,18)19/h8H,4-7H2,1-3H3,(H2,20,22)(H,21,23). The maximum atomic E-state index is 11.9. The number of nitrogens with two attached hydrogens (primary N) is 1. The summed E-state index contributed by atoms with van der Waals surface area (Å²) in [5.41, 5.74) is 7.03. The Labute approximate surface area is 161 Å². The van der Waals surface area contributed by atoms with Gasteiger partial charge in [0.2, 0.25) is 0 Å². The largest absolute Gasteiger partial charge is 0.365 e. The Morgan fingerprint density at radius 1 is 1.33 bits per heavy atom. The number of anilines is 1. The highest BCUT2D eigenvalue weighted by Crippen LogP contribution is 2.45. The van der Waals surface area contributed by atoms with Crippen LogP contribution in [0.2, 0.25) is 0 Å². The molecule has 0 radical (unpaired) electrons. The summed E-state index contributed by atoms with van der Waals surface area (Å²) in [7, 11) is 0. The molecule has 0 spiro atoms. The molecule has 1 aliphatic carbocycles. The third kappa shape index (κ3) is 4.01. The number of primary amides is 1. The Morgan fingerprint density at radius 3 is 2.46 bits per heavy atom. The number of thiophene rings is 1. The molecule has 0 aliphatic heterocycles. The number of carbonyl (C=O) groups excluding carboxylic acids is 2. The Balaban J connectivity index is 2.36. The summed E-state index contributed by atoms with van der Waals surface area (Å²) >= 11 is 18.2. The van der Waals surface area contributed by atoms with Gasteiger partial charge in [-0.25, -0.2) is 0 Å². The fraction of sp³-hybridized carbons (Fsp3) is 0.625. The molecular formula is C16H21Cl3N2O2S. The van der Waals surface area contributed by atoms with Crippen molar-refractivity contribution in [3.8, 4) is 0 Å². The van der Waals surface area contributed by atoms with Crippen molar-refractivity contribution in [3.63, 3.8) is 0 Å². The molecule has 1 atom stereocenters. The SMILES string of the molecule is CCC(C)(C)C1CCc2c(sc(NC(=O)C(Cl)(Cl)Cl)c2C(N)=O)C1. The van der Waals surface area contributed by atoms with Crippen LogP contribution in [0, 0.1) is 11.3 Å². The van der Waals surface area contributed by atoms with E-state index in [0.29, 0.717) is 16.5 Å². The van der Waals surface area contributed by atoms with Gasteiger partial charge in [0.25, 0.3) is 15.6 Å². The number of fused-ring (bicyclic) bond motifs is 1. The topological polar surface area (TPSA) is 72.2 Å². The lowest BCUT2D eigenvalue weighted by atomic mass is 9.69. The van der Waals surface area contributed by atoms with Gasteiger partial charge in [0.05, 0.1) is 5.56 Å². The molecule has 0 fully saturated rings. The van der Waals surface area contributed by atoms with Crippen molar-refractivity contribution in [2.75, 3.05) is 5.32 Å². The summed E-state index contributed by atoms with van der Waals surface area (Å²) in [5.74, 6) is -0.842. The molecule has 0 saturated heterocycles. The zero-order valence-electron chi connectivity index (χ0n) is 13.8. The minimum atomic E-state index is -2.09. The summed E-state index contributed by atoms with van der Waals surface area (Å²) in [6.45, 7) is 6.71. The number of hydrogen-bond acceptors (Lipinski definition) is 3. The van der Waals surface area contributed by atoms with Crippen LogP contribution in [0.25, 0.3) is 0 Å². The third-order valence-electron chi connectivity index (χ3n) is 5.01. The molecule has 4 nitrogen and oxygen atoms in total. The predicted octanol–water partition coefficient (Wildman–Crippen LogP) is 4.70. The van der Waals surface area contributed by atoms with E-state index < -0.39 is 15.6 Å². The van der Waals surface area contributed by atoms with Crippen LogP contribution in [0.5, 0.6) is 0 Å². The second-order valence-corrected chi connectivity index (χ2v) is 10.2. The van der Waals surface area contributed by atoms with Crippen molar-refractivity contribution in [2.24, 2.45) is 17.1 Å². The van der Waals surface area contributed by atoms with E-state index in [1.807, 2.05) is 0 Å². The molecule has 1 aliphatic rings. The Hall–Kier alpha value is -0.490. The minimum Gasteiger partial charge on any atom is -0.365 e. The second-order valence-electron chi connectivity index (χ2n) is 6.81. The van der Waals surface area contributed by atoms with E-state index in [9.17, 15) is 9.59 Å². The molecule has 3 N–H and O–H groups in total. The number of halogens is 3. The van der Waals surface area contributed by atoms with Crippen LogP contribution in [0.4, 0.5) is 5.00 Å². The highest BCUT2D eigenvalue weighted by Gasteiger charge is 2.36. The second kappa shape index (κ2) is 7.02. The molecular weight excluding hydrogens is 391 g/mol. The predicted molar refractivity (Wildman–Crippen MR) is 101 cm³/mol. The average molecular weight is 412 g/mol. The molecule has 0 saturated carbocycles. The number of rotatable bonds is 4. The van der Waals surface area contributed by atoms with Crippen molar-refractivity contribution >= 4 is 63.0 Å². The number of hydrogen-bond donors (Lipinski definition) is 2. The van der Waals surface area contributed by atoms with Gasteiger partial charge in [-0.3, -0.25) is 9.59 Å². The number of alkyl halides is 3. The molecule has 0 aromatic carbocycles. The van der Waals surface area contributed by atoms with Crippen LogP contribution in [0.15, 0.2) is 0 Å². The van der Waals surface area contributed by atoms with Crippen LogP contribution in [0.3, 0.4) is 0 Å². The van der Waals surface area contributed by atoms with E-state index >= 15 is 0 Å². The van der Waals surface area contributed by atoms with Gasteiger partial charge < -0.3 is 11.1 Å². The highest BCUT2D eigenvalue weighted by atomic mass is 35.6. The minimum absolute atomic E-state index is 0.218. The number of amides is 2. The van der Waals surface area contributed by atoms with Gasteiger partial charge in [0.15, 0.2) is 0 Å². The first-order valence-corrected chi connectivity index (χ1v) is 9.75. The third-order valence-corrected chi connectivity index (χ3v) is 6.70. The molecule has 0 bridgehead atoms.